The zero-order valence-corrected chi connectivity index (χ0v) is 19.3. The number of carbonyl (C=O) groups is 3. The van der Waals surface area contributed by atoms with Gasteiger partial charge in [-0.05, 0) is 43.3 Å². The molecule has 8 nitrogen and oxygen atoms in total. The van der Waals surface area contributed by atoms with Crippen molar-refractivity contribution in [2.45, 2.75) is 24.1 Å². The van der Waals surface area contributed by atoms with Crippen LogP contribution in [0.2, 0.25) is 5.02 Å². The van der Waals surface area contributed by atoms with Crippen molar-refractivity contribution >= 4 is 39.2 Å². The fourth-order valence-corrected chi connectivity index (χ4v) is 4.94. The van der Waals surface area contributed by atoms with Crippen LogP contribution < -0.4 is 5.32 Å². The van der Waals surface area contributed by atoms with E-state index < -0.39 is 27.0 Å². The van der Waals surface area contributed by atoms with Crippen molar-refractivity contribution in [1.82, 2.24) is 15.1 Å². The Hall–Kier alpha value is -2.91. The highest BCUT2D eigenvalue weighted by atomic mass is 35.5. The lowest BCUT2D eigenvalue weighted by Crippen LogP contribution is -2.57. The number of nitrogens with one attached hydrogen (secondary N) is 1. The number of nitrogens with zero attached hydrogens (tertiary/aromatic N) is 2. The Morgan fingerprint density at radius 3 is 1.97 bits per heavy atom. The zero-order valence-electron chi connectivity index (χ0n) is 17.7. The minimum absolute atomic E-state index is 0.116. The van der Waals surface area contributed by atoms with Crippen LogP contribution in [0.4, 0.5) is 0 Å². The van der Waals surface area contributed by atoms with E-state index in [1.807, 2.05) is 6.92 Å². The number of aryl methyl sites for hydroxylation is 1. The third-order valence-electron chi connectivity index (χ3n) is 5.29. The van der Waals surface area contributed by atoms with E-state index in [1.54, 1.807) is 29.2 Å². The molecule has 0 radical (unpaired) electrons. The van der Waals surface area contributed by atoms with Crippen LogP contribution in [0.5, 0.6) is 0 Å². The lowest BCUT2D eigenvalue weighted by molar-refractivity contribution is -0.138. The number of hydrogen-bond donors (Lipinski definition) is 1. The van der Waals surface area contributed by atoms with Crippen LogP contribution in [0, 0.1) is 6.92 Å². The van der Waals surface area contributed by atoms with E-state index in [4.69, 9.17) is 11.6 Å². The summed E-state index contributed by atoms with van der Waals surface area (Å²) in [6.45, 7) is 4.23. The number of piperazine rings is 1. The van der Waals surface area contributed by atoms with Gasteiger partial charge in [-0.25, -0.2) is 8.42 Å². The van der Waals surface area contributed by atoms with E-state index in [2.05, 4.69) is 5.32 Å². The predicted octanol–water partition coefficient (Wildman–Crippen LogP) is 1.87. The first-order valence-electron chi connectivity index (χ1n) is 10.0. The second kappa shape index (κ2) is 9.70. The van der Waals surface area contributed by atoms with Gasteiger partial charge in [-0.1, -0.05) is 29.3 Å². The molecule has 1 heterocycles. The second-order valence-corrected chi connectivity index (χ2v) is 10.0. The van der Waals surface area contributed by atoms with Gasteiger partial charge in [-0.3, -0.25) is 14.4 Å². The summed E-state index contributed by atoms with van der Waals surface area (Å²) in [7, 11) is -4.27. The van der Waals surface area contributed by atoms with Crippen LogP contribution in [-0.4, -0.2) is 67.5 Å². The van der Waals surface area contributed by atoms with Crippen molar-refractivity contribution < 1.29 is 22.8 Å². The molecule has 1 N–H and O–H groups in total. The van der Waals surface area contributed by atoms with E-state index >= 15 is 0 Å². The van der Waals surface area contributed by atoms with Crippen molar-refractivity contribution in [2.24, 2.45) is 0 Å². The summed E-state index contributed by atoms with van der Waals surface area (Å²) < 4.78 is 26.7. The van der Waals surface area contributed by atoms with Gasteiger partial charge in [0.25, 0.3) is 11.8 Å². The van der Waals surface area contributed by atoms with Crippen molar-refractivity contribution in [1.29, 1.82) is 0 Å². The standard InChI is InChI=1S/C22H24ClN3O5S/c1-15-3-5-17(6-4-15)20(28)24-21(32(30,31)19-9-7-18(23)8-10-19)22(29)26-13-11-25(12-14-26)16(2)27/h3-10,21H,11-14H2,1-2H3,(H,24,28)/t21-/m0/s1. The predicted molar refractivity (Wildman–Crippen MR) is 120 cm³/mol. The topological polar surface area (TPSA) is 104 Å². The number of benzene rings is 2. The molecule has 170 valence electrons. The van der Waals surface area contributed by atoms with Crippen molar-refractivity contribution in [3.05, 3.63) is 64.7 Å². The summed E-state index contributed by atoms with van der Waals surface area (Å²) in [5, 5.41) is 0.931. The third kappa shape index (κ3) is 5.28. The van der Waals surface area contributed by atoms with Gasteiger partial charge in [-0.15, -0.1) is 0 Å². The molecular formula is C22H24ClN3O5S. The van der Waals surface area contributed by atoms with Crippen LogP contribution >= 0.6 is 11.6 Å². The summed E-state index contributed by atoms with van der Waals surface area (Å²) in [6, 6.07) is 12.0. The van der Waals surface area contributed by atoms with E-state index in [0.717, 1.165) is 5.56 Å². The number of halogens is 1. The highest BCUT2D eigenvalue weighted by Crippen LogP contribution is 2.20. The van der Waals surface area contributed by atoms with Gasteiger partial charge >= 0.3 is 0 Å². The molecule has 1 fully saturated rings. The van der Waals surface area contributed by atoms with E-state index in [9.17, 15) is 22.8 Å². The maximum absolute atomic E-state index is 13.4. The molecule has 0 aromatic heterocycles. The van der Waals surface area contributed by atoms with E-state index in [-0.39, 0.29) is 29.5 Å². The molecule has 1 atom stereocenters. The first-order valence-corrected chi connectivity index (χ1v) is 11.9. The molecule has 32 heavy (non-hydrogen) atoms. The third-order valence-corrected chi connectivity index (χ3v) is 7.41. The summed E-state index contributed by atoms with van der Waals surface area (Å²) in [4.78, 5) is 40.5. The highest BCUT2D eigenvalue weighted by Gasteiger charge is 2.39. The normalized spacial score (nSPS) is 15.2. The largest absolute Gasteiger partial charge is 0.339 e. The van der Waals surface area contributed by atoms with Gasteiger partial charge in [0.15, 0.2) is 0 Å². The Kier molecular flexibility index (Phi) is 7.20. The van der Waals surface area contributed by atoms with Gasteiger partial charge in [0.05, 0.1) is 4.90 Å². The van der Waals surface area contributed by atoms with Crippen molar-refractivity contribution in [2.75, 3.05) is 26.2 Å². The van der Waals surface area contributed by atoms with Gasteiger partial charge in [0.2, 0.25) is 21.1 Å². The maximum atomic E-state index is 13.4. The number of sulfone groups is 1. The molecule has 1 aliphatic heterocycles. The zero-order chi connectivity index (χ0) is 23.5. The minimum atomic E-state index is -4.27. The first-order chi connectivity index (χ1) is 15.1. The van der Waals surface area contributed by atoms with Gasteiger partial charge in [-0.2, -0.15) is 0 Å². The number of hydrogen-bond acceptors (Lipinski definition) is 5. The van der Waals surface area contributed by atoms with Crippen molar-refractivity contribution in [3.63, 3.8) is 0 Å². The molecule has 0 saturated carbocycles. The van der Waals surface area contributed by atoms with Crippen LogP contribution in [-0.2, 0) is 19.4 Å². The Morgan fingerprint density at radius 2 is 1.44 bits per heavy atom. The molecular weight excluding hydrogens is 454 g/mol. The molecule has 10 heteroatoms. The summed E-state index contributed by atoms with van der Waals surface area (Å²) in [5.74, 6) is -1.54. The van der Waals surface area contributed by atoms with Crippen molar-refractivity contribution in [3.8, 4) is 0 Å². The van der Waals surface area contributed by atoms with Gasteiger partial charge in [0, 0.05) is 43.7 Å². The van der Waals surface area contributed by atoms with Crippen LogP contribution in [0.15, 0.2) is 53.4 Å². The Balaban J connectivity index is 1.90. The molecule has 0 aliphatic carbocycles. The summed E-state index contributed by atoms with van der Waals surface area (Å²) in [6.07, 6.45) is 0. The molecule has 1 saturated heterocycles. The molecule has 0 unspecified atom stereocenters. The van der Waals surface area contributed by atoms with Crippen LogP contribution in [0.3, 0.4) is 0 Å². The summed E-state index contributed by atoms with van der Waals surface area (Å²) >= 11 is 5.87. The molecule has 1 aliphatic rings. The smallest absolute Gasteiger partial charge is 0.261 e. The monoisotopic (exact) mass is 477 g/mol. The van der Waals surface area contributed by atoms with Gasteiger partial charge < -0.3 is 15.1 Å². The average molecular weight is 478 g/mol. The molecule has 3 rings (SSSR count). The molecule has 2 aromatic rings. The molecule has 2 aromatic carbocycles. The van der Waals surface area contributed by atoms with E-state index in [0.29, 0.717) is 18.1 Å². The SMILES string of the molecule is CC(=O)N1CCN(C(=O)[C@@H](NC(=O)c2ccc(C)cc2)S(=O)(=O)c2ccc(Cl)cc2)CC1. The van der Waals surface area contributed by atoms with Crippen LogP contribution in [0.1, 0.15) is 22.8 Å². The highest BCUT2D eigenvalue weighted by molar-refractivity contribution is 7.92. The number of rotatable bonds is 5. The summed E-state index contributed by atoms with van der Waals surface area (Å²) in [5.41, 5.74) is 1.17. The lowest BCUT2D eigenvalue weighted by Gasteiger charge is -2.36. The first kappa shape index (κ1) is 23.7. The second-order valence-electron chi connectivity index (χ2n) is 7.55. The lowest BCUT2D eigenvalue weighted by atomic mass is 10.1. The number of amides is 3. The molecule has 0 bridgehead atoms. The number of carbonyl (C=O) groups excluding carboxylic acids is 3. The Morgan fingerprint density at radius 1 is 0.906 bits per heavy atom. The molecule has 3 amide bonds. The minimum Gasteiger partial charge on any atom is -0.339 e. The van der Waals surface area contributed by atoms with E-state index in [1.165, 1.54) is 36.1 Å². The quantitative estimate of drug-likeness (QED) is 0.708. The van der Waals surface area contributed by atoms with Gasteiger partial charge in [0.1, 0.15) is 0 Å². The maximum Gasteiger partial charge on any atom is 0.261 e. The fraction of sp³-hybridized carbons (Fsp3) is 0.318. The van der Waals surface area contributed by atoms with Crippen LogP contribution in [0.25, 0.3) is 0 Å². The fourth-order valence-electron chi connectivity index (χ4n) is 3.35. The Bertz CT molecular complexity index is 1110. The Labute approximate surface area is 192 Å². The average Bonchev–Trinajstić information content (AvgIpc) is 2.77. The molecule has 0 spiro atoms.